The maximum absolute atomic E-state index is 13.9. The van der Waals surface area contributed by atoms with E-state index in [1.54, 1.807) is 18.2 Å². The minimum Gasteiger partial charge on any atom is -0.508 e. The number of imidazole rings is 1. The highest BCUT2D eigenvalue weighted by molar-refractivity contribution is 5.81. The van der Waals surface area contributed by atoms with Gasteiger partial charge in [0, 0.05) is 12.1 Å². The molecular weight excluding hydrogens is 255 g/mol. The average molecular weight is 270 g/mol. The Morgan fingerprint density at radius 1 is 1.25 bits per heavy atom. The number of aryl methyl sites for hydroxylation is 2. The number of benzene rings is 2. The fourth-order valence-electron chi connectivity index (χ4n) is 2.54. The standard InChI is InChI=1S/C16H15FN2O/c1-3-19-14-6-4-5-13(17)15(14)18-16(19)12-8-7-11(20)9-10(12)2/h4-9,20H,3H2,1-2H3. The normalized spacial score (nSPS) is 11.2. The summed E-state index contributed by atoms with van der Waals surface area (Å²) in [5, 5.41) is 9.51. The molecule has 3 nitrogen and oxygen atoms in total. The zero-order valence-electron chi connectivity index (χ0n) is 11.4. The van der Waals surface area contributed by atoms with Gasteiger partial charge in [0.05, 0.1) is 5.52 Å². The highest BCUT2D eigenvalue weighted by atomic mass is 19.1. The Morgan fingerprint density at radius 3 is 2.75 bits per heavy atom. The van der Waals surface area contributed by atoms with Crippen molar-refractivity contribution in [3.05, 3.63) is 47.8 Å². The molecule has 0 saturated carbocycles. The third-order valence-electron chi connectivity index (χ3n) is 3.50. The van der Waals surface area contributed by atoms with Gasteiger partial charge in [0.2, 0.25) is 0 Å². The summed E-state index contributed by atoms with van der Waals surface area (Å²) >= 11 is 0. The fourth-order valence-corrected chi connectivity index (χ4v) is 2.54. The second kappa shape index (κ2) is 4.63. The van der Waals surface area contributed by atoms with Crippen LogP contribution in [0.5, 0.6) is 5.75 Å². The first-order valence-electron chi connectivity index (χ1n) is 6.56. The topological polar surface area (TPSA) is 38.0 Å². The van der Waals surface area contributed by atoms with Gasteiger partial charge in [-0.25, -0.2) is 9.37 Å². The van der Waals surface area contributed by atoms with E-state index in [0.29, 0.717) is 12.1 Å². The van der Waals surface area contributed by atoms with Crippen molar-refractivity contribution in [1.29, 1.82) is 0 Å². The highest BCUT2D eigenvalue weighted by Gasteiger charge is 2.15. The molecular formula is C16H15FN2O. The van der Waals surface area contributed by atoms with E-state index in [-0.39, 0.29) is 11.6 Å². The molecule has 0 bridgehead atoms. The van der Waals surface area contributed by atoms with E-state index in [1.807, 2.05) is 30.5 Å². The third-order valence-corrected chi connectivity index (χ3v) is 3.50. The van der Waals surface area contributed by atoms with E-state index in [4.69, 9.17) is 0 Å². The van der Waals surface area contributed by atoms with Crippen LogP contribution in [-0.2, 0) is 6.54 Å². The van der Waals surface area contributed by atoms with Gasteiger partial charge in [-0.2, -0.15) is 0 Å². The predicted molar refractivity (Wildman–Crippen MR) is 77.2 cm³/mol. The molecule has 20 heavy (non-hydrogen) atoms. The lowest BCUT2D eigenvalue weighted by atomic mass is 10.1. The van der Waals surface area contributed by atoms with E-state index < -0.39 is 0 Å². The Bertz CT molecular complexity index is 793. The molecule has 0 saturated heterocycles. The van der Waals surface area contributed by atoms with Crippen molar-refractivity contribution in [2.75, 3.05) is 0 Å². The van der Waals surface area contributed by atoms with Gasteiger partial charge >= 0.3 is 0 Å². The number of hydrogen-bond donors (Lipinski definition) is 1. The van der Waals surface area contributed by atoms with Crippen LogP contribution in [0.4, 0.5) is 4.39 Å². The van der Waals surface area contributed by atoms with Crippen LogP contribution in [0.15, 0.2) is 36.4 Å². The summed E-state index contributed by atoms with van der Waals surface area (Å²) in [6, 6.07) is 10.1. The average Bonchev–Trinajstić information content (AvgIpc) is 2.78. The second-order valence-electron chi connectivity index (χ2n) is 4.79. The number of phenolic OH excluding ortho intramolecular Hbond substituents is 1. The summed E-state index contributed by atoms with van der Waals surface area (Å²) in [7, 11) is 0. The van der Waals surface area contributed by atoms with Crippen molar-refractivity contribution in [2.45, 2.75) is 20.4 Å². The second-order valence-corrected chi connectivity index (χ2v) is 4.79. The zero-order valence-corrected chi connectivity index (χ0v) is 11.4. The van der Waals surface area contributed by atoms with E-state index in [1.165, 1.54) is 6.07 Å². The lowest BCUT2D eigenvalue weighted by molar-refractivity contribution is 0.475. The van der Waals surface area contributed by atoms with Crippen LogP contribution in [0.1, 0.15) is 12.5 Å². The van der Waals surface area contributed by atoms with Crippen LogP contribution < -0.4 is 0 Å². The number of aromatic nitrogens is 2. The van der Waals surface area contributed by atoms with Crippen LogP contribution in [0, 0.1) is 12.7 Å². The first kappa shape index (κ1) is 12.7. The largest absolute Gasteiger partial charge is 0.508 e. The molecule has 0 fully saturated rings. The molecule has 1 heterocycles. The summed E-state index contributed by atoms with van der Waals surface area (Å²) in [5.74, 6) is 0.633. The molecule has 1 N–H and O–H groups in total. The number of halogens is 1. The number of hydrogen-bond acceptors (Lipinski definition) is 2. The van der Waals surface area contributed by atoms with Gasteiger partial charge in [-0.1, -0.05) is 6.07 Å². The molecule has 0 spiro atoms. The molecule has 3 aromatic rings. The molecule has 0 amide bonds. The Hall–Kier alpha value is -2.36. The molecule has 1 aromatic heterocycles. The van der Waals surface area contributed by atoms with Gasteiger partial charge in [-0.15, -0.1) is 0 Å². The van der Waals surface area contributed by atoms with Gasteiger partial charge in [0.25, 0.3) is 0 Å². The monoisotopic (exact) mass is 270 g/mol. The summed E-state index contributed by atoms with van der Waals surface area (Å²) in [6.45, 7) is 4.62. The summed E-state index contributed by atoms with van der Waals surface area (Å²) < 4.78 is 15.9. The van der Waals surface area contributed by atoms with Crippen molar-refractivity contribution in [1.82, 2.24) is 9.55 Å². The van der Waals surface area contributed by atoms with Gasteiger partial charge in [0.15, 0.2) is 5.82 Å². The lowest BCUT2D eigenvalue weighted by Gasteiger charge is -2.09. The molecule has 102 valence electrons. The predicted octanol–water partition coefficient (Wildman–Crippen LogP) is 3.88. The number of aromatic hydroxyl groups is 1. The smallest absolute Gasteiger partial charge is 0.151 e. The molecule has 0 atom stereocenters. The van der Waals surface area contributed by atoms with Crippen LogP contribution in [0.2, 0.25) is 0 Å². The maximum Gasteiger partial charge on any atom is 0.151 e. The highest BCUT2D eigenvalue weighted by Crippen LogP contribution is 2.30. The molecule has 3 rings (SSSR count). The third kappa shape index (κ3) is 1.84. The number of rotatable bonds is 2. The van der Waals surface area contributed by atoms with Crippen LogP contribution in [-0.4, -0.2) is 14.7 Å². The Labute approximate surface area is 116 Å². The SMILES string of the molecule is CCn1c(-c2ccc(O)cc2C)nc2c(F)cccc21. The summed E-state index contributed by atoms with van der Waals surface area (Å²) in [5.41, 5.74) is 2.99. The molecule has 0 radical (unpaired) electrons. The molecule has 0 unspecified atom stereocenters. The van der Waals surface area contributed by atoms with Crippen molar-refractivity contribution >= 4 is 11.0 Å². The number of nitrogens with zero attached hydrogens (tertiary/aromatic N) is 2. The Kier molecular flexibility index (Phi) is 2.93. The lowest BCUT2D eigenvalue weighted by Crippen LogP contribution is -1.98. The van der Waals surface area contributed by atoms with Crippen molar-refractivity contribution in [3.63, 3.8) is 0 Å². The first-order valence-corrected chi connectivity index (χ1v) is 6.56. The minimum absolute atomic E-state index is 0.219. The molecule has 0 aliphatic rings. The molecule has 0 aliphatic carbocycles. The van der Waals surface area contributed by atoms with Crippen molar-refractivity contribution in [2.24, 2.45) is 0 Å². The van der Waals surface area contributed by atoms with E-state index in [0.717, 1.165) is 22.5 Å². The van der Waals surface area contributed by atoms with E-state index in [2.05, 4.69) is 4.98 Å². The Balaban J connectivity index is 2.33. The fraction of sp³-hybridized carbons (Fsp3) is 0.188. The van der Waals surface area contributed by atoms with E-state index in [9.17, 15) is 9.50 Å². The molecule has 0 aliphatic heterocycles. The minimum atomic E-state index is -0.313. The van der Waals surface area contributed by atoms with Crippen molar-refractivity contribution < 1.29 is 9.50 Å². The number of fused-ring (bicyclic) bond motifs is 1. The number of phenols is 1. The maximum atomic E-state index is 13.9. The van der Waals surface area contributed by atoms with Gasteiger partial charge in [0.1, 0.15) is 17.1 Å². The quantitative estimate of drug-likeness (QED) is 0.767. The van der Waals surface area contributed by atoms with Crippen LogP contribution in [0.25, 0.3) is 22.4 Å². The zero-order chi connectivity index (χ0) is 14.3. The number of para-hydroxylation sites is 1. The summed E-state index contributed by atoms with van der Waals surface area (Å²) in [6.07, 6.45) is 0. The van der Waals surface area contributed by atoms with Crippen molar-refractivity contribution in [3.8, 4) is 17.1 Å². The molecule has 2 aromatic carbocycles. The van der Waals surface area contributed by atoms with Crippen LogP contribution >= 0.6 is 0 Å². The van der Waals surface area contributed by atoms with Crippen LogP contribution in [0.3, 0.4) is 0 Å². The van der Waals surface area contributed by atoms with Gasteiger partial charge < -0.3 is 9.67 Å². The Morgan fingerprint density at radius 2 is 2.05 bits per heavy atom. The van der Waals surface area contributed by atoms with Gasteiger partial charge in [-0.3, -0.25) is 0 Å². The van der Waals surface area contributed by atoms with E-state index >= 15 is 0 Å². The summed E-state index contributed by atoms with van der Waals surface area (Å²) in [4.78, 5) is 4.45. The molecule has 4 heteroatoms. The van der Waals surface area contributed by atoms with Gasteiger partial charge in [-0.05, 0) is 49.7 Å². The first-order chi connectivity index (χ1) is 9.61.